The molecule has 0 N–H and O–H groups in total. The van der Waals surface area contributed by atoms with E-state index in [4.69, 9.17) is 5.26 Å². The molecule has 4 heteroatoms. The summed E-state index contributed by atoms with van der Waals surface area (Å²) in [7, 11) is 3.70. The molecule has 0 aliphatic heterocycles. The van der Waals surface area contributed by atoms with E-state index >= 15 is 0 Å². The zero-order valence-corrected chi connectivity index (χ0v) is 9.29. The van der Waals surface area contributed by atoms with Gasteiger partial charge in [0.2, 0.25) is 5.95 Å². The molecule has 1 aromatic heterocycles. The van der Waals surface area contributed by atoms with E-state index in [0.717, 1.165) is 0 Å². The number of rotatable bonds is 1. The van der Waals surface area contributed by atoms with Gasteiger partial charge in [-0.25, -0.2) is 9.97 Å². The minimum atomic E-state index is 0.454. The molecule has 0 saturated carbocycles. The molecule has 0 saturated heterocycles. The van der Waals surface area contributed by atoms with Crippen molar-refractivity contribution in [2.24, 2.45) is 0 Å². The summed E-state index contributed by atoms with van der Waals surface area (Å²) in [6.45, 7) is 3.50. The number of aromatic nitrogens is 2. The van der Waals surface area contributed by atoms with Gasteiger partial charge in [0.1, 0.15) is 17.3 Å². The first-order chi connectivity index (χ1) is 7.10. The maximum Gasteiger partial charge on any atom is 0.226 e. The minimum absolute atomic E-state index is 0.454. The second kappa shape index (κ2) is 4.43. The summed E-state index contributed by atoms with van der Waals surface area (Å²) in [4.78, 5) is 10.2. The van der Waals surface area contributed by atoms with Crippen molar-refractivity contribution in [2.75, 3.05) is 19.0 Å². The number of hydrogen-bond acceptors (Lipinski definition) is 4. The summed E-state index contributed by atoms with van der Waals surface area (Å²) in [5, 5.41) is 8.94. The van der Waals surface area contributed by atoms with E-state index < -0.39 is 0 Å². The van der Waals surface area contributed by atoms with Gasteiger partial charge in [-0.05, 0) is 19.8 Å². The molecule has 0 spiro atoms. The first-order valence-corrected chi connectivity index (χ1v) is 4.49. The van der Waals surface area contributed by atoms with Crippen molar-refractivity contribution < 1.29 is 0 Å². The molecule has 0 unspecified atom stereocenters. The first-order valence-electron chi connectivity index (χ1n) is 4.49. The maximum atomic E-state index is 8.94. The molecule has 4 nitrogen and oxygen atoms in total. The molecule has 0 amide bonds. The standard InChI is InChI=1S/C11H12N4/c1-5-6-10-9(7-12)8(2)13-11(14-10)15(3)4/h1-4H3. The SMILES string of the molecule is CC#Cc1nc(N(C)C)nc(C)c1C#N. The summed E-state index contributed by atoms with van der Waals surface area (Å²) >= 11 is 0. The van der Waals surface area contributed by atoms with Crippen LogP contribution in [-0.4, -0.2) is 24.1 Å². The van der Waals surface area contributed by atoms with Crippen molar-refractivity contribution in [3.05, 3.63) is 17.0 Å². The second-order valence-electron chi connectivity index (χ2n) is 3.21. The number of aryl methyl sites for hydroxylation is 1. The van der Waals surface area contributed by atoms with E-state index in [9.17, 15) is 0 Å². The normalized spacial score (nSPS) is 8.73. The Bertz CT molecular complexity index is 472. The van der Waals surface area contributed by atoms with Crippen molar-refractivity contribution in [3.63, 3.8) is 0 Å². The molecule has 0 fully saturated rings. The van der Waals surface area contributed by atoms with Crippen molar-refractivity contribution in [3.8, 4) is 17.9 Å². The molecule has 76 valence electrons. The van der Waals surface area contributed by atoms with Crippen molar-refractivity contribution in [1.29, 1.82) is 5.26 Å². The van der Waals surface area contributed by atoms with Crippen LogP contribution in [0.15, 0.2) is 0 Å². The molecule has 1 heterocycles. The Morgan fingerprint density at radius 1 is 1.27 bits per heavy atom. The van der Waals surface area contributed by atoms with Gasteiger partial charge >= 0.3 is 0 Å². The fourth-order valence-electron chi connectivity index (χ4n) is 1.10. The second-order valence-corrected chi connectivity index (χ2v) is 3.21. The van der Waals surface area contributed by atoms with E-state index in [1.54, 1.807) is 18.7 Å². The number of hydrogen-bond donors (Lipinski definition) is 0. The summed E-state index contributed by atoms with van der Waals surface area (Å²) in [6.07, 6.45) is 0. The first kappa shape index (κ1) is 11.0. The van der Waals surface area contributed by atoms with Crippen LogP contribution in [0.5, 0.6) is 0 Å². The van der Waals surface area contributed by atoms with Crippen molar-refractivity contribution >= 4 is 5.95 Å². The van der Waals surface area contributed by atoms with Crippen molar-refractivity contribution in [2.45, 2.75) is 13.8 Å². The monoisotopic (exact) mass is 200 g/mol. The number of nitriles is 1. The highest BCUT2D eigenvalue weighted by Gasteiger charge is 2.10. The molecule has 1 rings (SSSR count). The zero-order valence-electron chi connectivity index (χ0n) is 9.29. The highest BCUT2D eigenvalue weighted by atomic mass is 15.2. The lowest BCUT2D eigenvalue weighted by atomic mass is 10.2. The van der Waals surface area contributed by atoms with Gasteiger partial charge in [-0.3, -0.25) is 0 Å². The Labute approximate surface area is 89.6 Å². The predicted molar refractivity (Wildman–Crippen MR) is 58.4 cm³/mol. The van der Waals surface area contributed by atoms with Crippen LogP contribution in [0, 0.1) is 30.1 Å². The van der Waals surface area contributed by atoms with Gasteiger partial charge in [-0.15, -0.1) is 0 Å². The fourth-order valence-corrected chi connectivity index (χ4v) is 1.10. The van der Waals surface area contributed by atoms with E-state index in [-0.39, 0.29) is 0 Å². The zero-order chi connectivity index (χ0) is 11.4. The molecular formula is C11H12N4. The highest BCUT2D eigenvalue weighted by molar-refractivity contribution is 5.49. The molecule has 0 aliphatic carbocycles. The quantitative estimate of drug-likeness (QED) is 0.637. The van der Waals surface area contributed by atoms with E-state index in [1.807, 2.05) is 14.1 Å². The van der Waals surface area contributed by atoms with Gasteiger partial charge in [0, 0.05) is 14.1 Å². The van der Waals surface area contributed by atoms with Crippen LogP contribution in [0.4, 0.5) is 5.95 Å². The summed E-state index contributed by atoms with van der Waals surface area (Å²) < 4.78 is 0. The van der Waals surface area contributed by atoms with Gasteiger partial charge < -0.3 is 4.90 Å². The van der Waals surface area contributed by atoms with Crippen LogP contribution < -0.4 is 4.90 Å². The average Bonchev–Trinajstić information content (AvgIpc) is 2.17. The van der Waals surface area contributed by atoms with Crippen LogP contribution in [-0.2, 0) is 0 Å². The lowest BCUT2D eigenvalue weighted by molar-refractivity contribution is 0.964. The molecule has 0 radical (unpaired) electrons. The molecule has 0 aliphatic rings. The topological polar surface area (TPSA) is 52.8 Å². The minimum Gasteiger partial charge on any atom is -0.347 e. The van der Waals surface area contributed by atoms with Gasteiger partial charge in [0.15, 0.2) is 0 Å². The van der Waals surface area contributed by atoms with Crippen LogP contribution >= 0.6 is 0 Å². The van der Waals surface area contributed by atoms with E-state index in [2.05, 4.69) is 27.9 Å². The summed E-state index contributed by atoms with van der Waals surface area (Å²) in [5.41, 5.74) is 1.61. The Balaban J connectivity index is 3.45. The highest BCUT2D eigenvalue weighted by Crippen LogP contribution is 2.12. The number of nitrogens with zero attached hydrogens (tertiary/aromatic N) is 4. The lowest BCUT2D eigenvalue weighted by Crippen LogP contribution is -2.15. The van der Waals surface area contributed by atoms with Gasteiger partial charge in [0.25, 0.3) is 0 Å². The van der Waals surface area contributed by atoms with Crippen LogP contribution in [0.3, 0.4) is 0 Å². The smallest absolute Gasteiger partial charge is 0.226 e. The molecule has 0 bridgehead atoms. The summed E-state index contributed by atoms with van der Waals surface area (Å²) in [5.74, 6) is 6.13. The molecule has 1 aromatic rings. The number of anilines is 1. The Kier molecular flexibility index (Phi) is 3.25. The lowest BCUT2D eigenvalue weighted by Gasteiger charge is -2.11. The third-order valence-corrected chi connectivity index (χ3v) is 1.83. The van der Waals surface area contributed by atoms with Gasteiger partial charge in [0.05, 0.1) is 5.69 Å². The van der Waals surface area contributed by atoms with E-state index in [1.165, 1.54) is 0 Å². The predicted octanol–water partition coefficient (Wildman–Crippen LogP) is 1.09. The third kappa shape index (κ3) is 2.24. The third-order valence-electron chi connectivity index (χ3n) is 1.83. The average molecular weight is 200 g/mol. The van der Waals surface area contributed by atoms with Crippen LogP contribution in [0.25, 0.3) is 0 Å². The van der Waals surface area contributed by atoms with Gasteiger partial charge in [-0.2, -0.15) is 5.26 Å². The maximum absolute atomic E-state index is 8.94. The Hall–Kier alpha value is -2.07. The molecule has 0 aromatic carbocycles. The Morgan fingerprint density at radius 2 is 1.93 bits per heavy atom. The van der Waals surface area contributed by atoms with Crippen LogP contribution in [0.1, 0.15) is 23.9 Å². The van der Waals surface area contributed by atoms with Gasteiger partial charge in [-0.1, -0.05) is 5.92 Å². The molecule has 0 atom stereocenters. The van der Waals surface area contributed by atoms with E-state index in [0.29, 0.717) is 22.9 Å². The fraction of sp³-hybridized carbons (Fsp3) is 0.364. The summed E-state index contributed by atoms with van der Waals surface area (Å²) in [6, 6.07) is 2.07. The largest absolute Gasteiger partial charge is 0.347 e. The van der Waals surface area contributed by atoms with Crippen LogP contribution in [0.2, 0.25) is 0 Å². The molecule has 15 heavy (non-hydrogen) atoms. The Morgan fingerprint density at radius 3 is 2.40 bits per heavy atom. The molecular weight excluding hydrogens is 188 g/mol. The van der Waals surface area contributed by atoms with Crippen molar-refractivity contribution in [1.82, 2.24) is 9.97 Å².